The third kappa shape index (κ3) is 3.47. The number of rotatable bonds is 3. The molecule has 0 radical (unpaired) electrons. The Bertz CT molecular complexity index is 879. The molecule has 134 valence electrons. The smallest absolute Gasteiger partial charge is 0.246 e. The number of aromatic nitrogens is 3. The van der Waals surface area contributed by atoms with Crippen LogP contribution in [0, 0.1) is 0 Å². The van der Waals surface area contributed by atoms with Gasteiger partial charge in [0.15, 0.2) is 0 Å². The number of hydrogen-bond acceptors (Lipinski definition) is 7. The van der Waals surface area contributed by atoms with Crippen LogP contribution in [0.15, 0.2) is 35.0 Å². The summed E-state index contributed by atoms with van der Waals surface area (Å²) in [6, 6.07) is 8.15. The zero-order valence-corrected chi connectivity index (χ0v) is 16.1. The third-order valence-electron chi connectivity index (χ3n) is 4.41. The van der Waals surface area contributed by atoms with Gasteiger partial charge in [-0.3, -0.25) is 4.79 Å². The van der Waals surface area contributed by atoms with Crippen molar-refractivity contribution < 1.29 is 4.79 Å². The van der Waals surface area contributed by atoms with Gasteiger partial charge < -0.3 is 9.80 Å². The fourth-order valence-electron chi connectivity index (χ4n) is 3.05. The molecule has 1 aliphatic rings. The monoisotopic (exact) mass is 385 g/mol. The van der Waals surface area contributed by atoms with Crippen molar-refractivity contribution in [3.63, 3.8) is 0 Å². The van der Waals surface area contributed by atoms with Crippen molar-refractivity contribution in [2.75, 3.05) is 31.1 Å². The largest absolute Gasteiger partial charge is 0.341 e. The number of carbonyl (C=O) groups is 1. The number of thiophene rings is 2. The van der Waals surface area contributed by atoms with Gasteiger partial charge >= 0.3 is 0 Å². The number of carbonyl (C=O) groups excluding carboxylic acids is 1. The third-order valence-corrected chi connectivity index (χ3v) is 6.16. The molecule has 0 aliphatic carbocycles. The second-order valence-corrected chi connectivity index (χ2v) is 8.01. The van der Waals surface area contributed by atoms with Crippen LogP contribution >= 0.6 is 22.7 Å². The zero-order valence-electron chi connectivity index (χ0n) is 14.5. The molecule has 0 bridgehead atoms. The molecule has 0 aromatic carbocycles. The first-order chi connectivity index (χ1) is 12.7. The summed E-state index contributed by atoms with van der Waals surface area (Å²) in [5.41, 5.74) is 1.70. The van der Waals surface area contributed by atoms with Gasteiger partial charge in [-0.1, -0.05) is 12.1 Å². The maximum absolute atomic E-state index is 11.6. The highest BCUT2D eigenvalue weighted by atomic mass is 32.1. The van der Waals surface area contributed by atoms with Crippen LogP contribution in [0.2, 0.25) is 0 Å². The summed E-state index contributed by atoms with van der Waals surface area (Å²) in [4.78, 5) is 22.7. The van der Waals surface area contributed by atoms with Crippen LogP contribution in [-0.2, 0) is 4.79 Å². The lowest BCUT2D eigenvalue weighted by Crippen LogP contribution is -2.34. The topological polar surface area (TPSA) is 62.2 Å². The predicted molar refractivity (Wildman–Crippen MR) is 106 cm³/mol. The van der Waals surface area contributed by atoms with Gasteiger partial charge in [0, 0.05) is 33.1 Å². The van der Waals surface area contributed by atoms with E-state index in [9.17, 15) is 4.79 Å². The van der Waals surface area contributed by atoms with E-state index in [2.05, 4.69) is 21.2 Å². The second-order valence-electron chi connectivity index (χ2n) is 6.11. The van der Waals surface area contributed by atoms with Gasteiger partial charge in [0.05, 0.1) is 9.75 Å². The molecule has 1 fully saturated rings. The van der Waals surface area contributed by atoms with E-state index >= 15 is 0 Å². The van der Waals surface area contributed by atoms with Crippen LogP contribution in [0.3, 0.4) is 0 Å². The van der Waals surface area contributed by atoms with Gasteiger partial charge in [-0.05, 0) is 29.3 Å². The van der Waals surface area contributed by atoms with Crippen molar-refractivity contribution in [3.8, 4) is 21.1 Å². The van der Waals surface area contributed by atoms with E-state index in [1.54, 1.807) is 29.6 Å². The van der Waals surface area contributed by atoms with E-state index in [1.165, 1.54) is 0 Å². The molecule has 3 aromatic heterocycles. The molecule has 8 heteroatoms. The Morgan fingerprint density at radius 2 is 1.69 bits per heavy atom. The molecule has 0 unspecified atom stereocenters. The molecule has 1 amide bonds. The average molecular weight is 386 g/mol. The van der Waals surface area contributed by atoms with Crippen LogP contribution in [-0.4, -0.2) is 52.2 Å². The summed E-state index contributed by atoms with van der Waals surface area (Å²) in [5, 5.41) is 13.0. The summed E-state index contributed by atoms with van der Waals surface area (Å²) in [7, 11) is 0. The Kier molecular flexibility index (Phi) is 4.94. The van der Waals surface area contributed by atoms with E-state index in [0.29, 0.717) is 12.5 Å². The van der Waals surface area contributed by atoms with E-state index in [0.717, 1.165) is 47.2 Å². The van der Waals surface area contributed by atoms with E-state index < -0.39 is 0 Å². The lowest BCUT2D eigenvalue weighted by atomic mass is 10.2. The molecule has 4 rings (SSSR count). The molecule has 1 aliphatic heterocycles. The highest BCUT2D eigenvalue weighted by Gasteiger charge is 2.21. The second kappa shape index (κ2) is 7.51. The van der Waals surface area contributed by atoms with Gasteiger partial charge in [0.1, 0.15) is 11.4 Å². The standard InChI is InChI=1S/C18H19N5OS2/c1-13(24)22-7-4-8-23(10-9-22)18-19-16(14-5-2-11-25-14)17(20-21-18)15-6-3-12-26-15/h2-3,5-6,11-12H,4,7-10H2,1H3. The van der Waals surface area contributed by atoms with Crippen molar-refractivity contribution in [1.82, 2.24) is 20.1 Å². The van der Waals surface area contributed by atoms with Crippen LogP contribution < -0.4 is 4.90 Å². The molecular weight excluding hydrogens is 366 g/mol. The Labute approximate surface area is 160 Å². The minimum absolute atomic E-state index is 0.123. The van der Waals surface area contributed by atoms with Crippen LogP contribution in [0.5, 0.6) is 0 Å². The SMILES string of the molecule is CC(=O)N1CCCN(c2nnc(-c3cccs3)c(-c3cccs3)n2)CC1. The zero-order chi connectivity index (χ0) is 17.9. The van der Waals surface area contributed by atoms with E-state index in [-0.39, 0.29) is 5.91 Å². The quantitative estimate of drug-likeness (QED) is 0.692. The van der Waals surface area contributed by atoms with Crippen molar-refractivity contribution in [1.29, 1.82) is 0 Å². The molecule has 0 spiro atoms. The van der Waals surface area contributed by atoms with Crippen LogP contribution in [0.25, 0.3) is 21.1 Å². The van der Waals surface area contributed by atoms with Crippen molar-refractivity contribution in [2.45, 2.75) is 13.3 Å². The molecule has 4 heterocycles. The molecule has 0 saturated carbocycles. The molecule has 0 atom stereocenters. The molecule has 3 aromatic rings. The predicted octanol–water partition coefficient (Wildman–Crippen LogP) is 3.39. The summed E-state index contributed by atoms with van der Waals surface area (Å²) in [5.74, 6) is 0.761. The molecular formula is C18H19N5OS2. The van der Waals surface area contributed by atoms with E-state index in [1.807, 2.05) is 33.9 Å². The Balaban J connectivity index is 1.68. The summed E-state index contributed by atoms with van der Waals surface area (Å²) < 4.78 is 0. The van der Waals surface area contributed by atoms with Gasteiger partial charge in [-0.2, -0.15) is 0 Å². The number of anilines is 1. The van der Waals surface area contributed by atoms with E-state index in [4.69, 9.17) is 4.98 Å². The van der Waals surface area contributed by atoms with Crippen LogP contribution in [0.4, 0.5) is 5.95 Å². The Morgan fingerprint density at radius 1 is 0.962 bits per heavy atom. The summed E-state index contributed by atoms with van der Waals surface area (Å²) in [6.07, 6.45) is 0.907. The number of amides is 1. The molecule has 1 saturated heterocycles. The first-order valence-electron chi connectivity index (χ1n) is 8.55. The van der Waals surface area contributed by atoms with Gasteiger partial charge in [-0.25, -0.2) is 4.98 Å². The molecule has 6 nitrogen and oxygen atoms in total. The van der Waals surface area contributed by atoms with Gasteiger partial charge in [0.2, 0.25) is 11.9 Å². The highest BCUT2D eigenvalue weighted by molar-refractivity contribution is 7.14. The number of hydrogen-bond donors (Lipinski definition) is 0. The maximum Gasteiger partial charge on any atom is 0.246 e. The first-order valence-corrected chi connectivity index (χ1v) is 10.3. The first kappa shape index (κ1) is 17.1. The minimum atomic E-state index is 0.123. The summed E-state index contributed by atoms with van der Waals surface area (Å²) in [6.45, 7) is 4.65. The Morgan fingerprint density at radius 3 is 2.35 bits per heavy atom. The van der Waals surface area contributed by atoms with Crippen molar-refractivity contribution in [3.05, 3.63) is 35.0 Å². The lowest BCUT2D eigenvalue weighted by molar-refractivity contribution is -0.128. The molecule has 26 heavy (non-hydrogen) atoms. The fourth-order valence-corrected chi connectivity index (χ4v) is 4.47. The lowest BCUT2D eigenvalue weighted by Gasteiger charge is -2.21. The van der Waals surface area contributed by atoms with Crippen molar-refractivity contribution in [2.24, 2.45) is 0 Å². The fraction of sp³-hybridized carbons (Fsp3) is 0.333. The maximum atomic E-state index is 11.6. The number of nitrogens with zero attached hydrogens (tertiary/aromatic N) is 5. The normalized spacial score (nSPS) is 15.1. The van der Waals surface area contributed by atoms with Crippen LogP contribution in [0.1, 0.15) is 13.3 Å². The van der Waals surface area contributed by atoms with Gasteiger partial charge in [-0.15, -0.1) is 32.9 Å². The highest BCUT2D eigenvalue weighted by Crippen LogP contribution is 2.34. The van der Waals surface area contributed by atoms with Crippen molar-refractivity contribution >= 4 is 34.5 Å². The van der Waals surface area contributed by atoms with Gasteiger partial charge in [0.25, 0.3) is 0 Å². The summed E-state index contributed by atoms with van der Waals surface area (Å²) >= 11 is 3.29. The minimum Gasteiger partial charge on any atom is -0.341 e. The average Bonchev–Trinajstić information content (AvgIpc) is 3.31. The molecule has 0 N–H and O–H groups in total. The Hall–Kier alpha value is -2.32.